The first kappa shape index (κ1) is 12.8. The molecule has 1 fully saturated rings. The molecule has 0 bridgehead atoms. The molecule has 0 spiro atoms. The first-order valence-corrected chi connectivity index (χ1v) is 6.59. The zero-order valence-corrected chi connectivity index (χ0v) is 11.5. The molecule has 0 unspecified atom stereocenters. The molecular formula is C12H17BrFN3. The molecule has 1 aliphatic heterocycles. The largest absolute Gasteiger partial charge is 0.354 e. The van der Waals surface area contributed by atoms with Gasteiger partial charge in [-0.05, 0) is 46.8 Å². The molecule has 1 aliphatic rings. The van der Waals surface area contributed by atoms with Gasteiger partial charge < -0.3 is 10.6 Å². The van der Waals surface area contributed by atoms with Crippen molar-refractivity contribution in [1.29, 1.82) is 0 Å². The van der Waals surface area contributed by atoms with Gasteiger partial charge >= 0.3 is 0 Å². The van der Waals surface area contributed by atoms with E-state index < -0.39 is 0 Å². The van der Waals surface area contributed by atoms with Crippen molar-refractivity contribution >= 4 is 21.7 Å². The van der Waals surface area contributed by atoms with Crippen LogP contribution in [-0.4, -0.2) is 24.6 Å². The average molecular weight is 302 g/mol. The van der Waals surface area contributed by atoms with Crippen LogP contribution in [0.1, 0.15) is 19.8 Å². The van der Waals surface area contributed by atoms with Crippen LogP contribution in [0.25, 0.3) is 0 Å². The van der Waals surface area contributed by atoms with E-state index in [1.807, 2.05) is 4.90 Å². The summed E-state index contributed by atoms with van der Waals surface area (Å²) < 4.78 is 14.4. The van der Waals surface area contributed by atoms with Gasteiger partial charge in [0.2, 0.25) is 0 Å². The molecule has 0 amide bonds. The lowest BCUT2D eigenvalue weighted by molar-refractivity contribution is 0.257. The molecule has 1 aromatic rings. The molecule has 2 heterocycles. The fraction of sp³-hybridized carbons (Fsp3) is 0.583. The molecule has 5 heteroatoms. The van der Waals surface area contributed by atoms with Crippen molar-refractivity contribution in [2.24, 2.45) is 11.1 Å². The zero-order chi connectivity index (χ0) is 12.5. The minimum atomic E-state index is -0.268. The van der Waals surface area contributed by atoms with Gasteiger partial charge in [0, 0.05) is 23.8 Å². The Morgan fingerprint density at radius 2 is 2.18 bits per heavy atom. The normalized spacial score (nSPS) is 19.4. The summed E-state index contributed by atoms with van der Waals surface area (Å²) in [5, 5.41) is 0. The topological polar surface area (TPSA) is 42.1 Å². The molecular weight excluding hydrogens is 285 g/mol. The van der Waals surface area contributed by atoms with Gasteiger partial charge in [-0.3, -0.25) is 0 Å². The summed E-state index contributed by atoms with van der Waals surface area (Å²) in [6.07, 6.45) is 3.61. The van der Waals surface area contributed by atoms with E-state index in [0.29, 0.717) is 16.8 Å². The number of nitrogens with two attached hydrogens (primary N) is 1. The fourth-order valence-corrected chi connectivity index (χ4v) is 2.41. The molecule has 0 atom stereocenters. The first-order chi connectivity index (χ1) is 8.04. The van der Waals surface area contributed by atoms with Crippen LogP contribution in [0.15, 0.2) is 16.7 Å². The van der Waals surface area contributed by atoms with Gasteiger partial charge in [-0.1, -0.05) is 6.92 Å². The quantitative estimate of drug-likeness (QED) is 0.913. The third-order valence-electron chi connectivity index (χ3n) is 3.55. The van der Waals surface area contributed by atoms with E-state index in [1.54, 1.807) is 6.20 Å². The van der Waals surface area contributed by atoms with E-state index in [1.165, 1.54) is 6.07 Å². The maximum atomic E-state index is 13.8. The lowest BCUT2D eigenvalue weighted by Gasteiger charge is -2.39. The van der Waals surface area contributed by atoms with Gasteiger partial charge in [0.1, 0.15) is 0 Å². The second-order valence-electron chi connectivity index (χ2n) is 4.96. The molecule has 1 saturated heterocycles. The first-order valence-electron chi connectivity index (χ1n) is 5.80. The summed E-state index contributed by atoms with van der Waals surface area (Å²) in [7, 11) is 0. The van der Waals surface area contributed by atoms with Crippen LogP contribution < -0.4 is 10.6 Å². The van der Waals surface area contributed by atoms with Crippen molar-refractivity contribution in [3.8, 4) is 0 Å². The Bertz CT molecular complexity index is 403. The number of nitrogens with zero attached hydrogens (tertiary/aromatic N) is 2. The molecule has 94 valence electrons. The van der Waals surface area contributed by atoms with Crippen LogP contribution in [0.5, 0.6) is 0 Å². The predicted octanol–water partition coefficient (Wildman–Crippen LogP) is 2.55. The summed E-state index contributed by atoms with van der Waals surface area (Å²) >= 11 is 3.21. The Kier molecular flexibility index (Phi) is 3.68. The van der Waals surface area contributed by atoms with Gasteiger partial charge in [-0.15, -0.1) is 0 Å². The van der Waals surface area contributed by atoms with Crippen LogP contribution >= 0.6 is 15.9 Å². The number of hydrogen-bond donors (Lipinski definition) is 1. The Morgan fingerprint density at radius 1 is 1.53 bits per heavy atom. The third kappa shape index (κ3) is 2.77. The number of anilines is 1. The molecule has 2 N–H and O–H groups in total. The number of hydrogen-bond acceptors (Lipinski definition) is 3. The van der Waals surface area contributed by atoms with Crippen LogP contribution in [0.3, 0.4) is 0 Å². The van der Waals surface area contributed by atoms with Crippen molar-refractivity contribution in [2.75, 3.05) is 24.5 Å². The highest BCUT2D eigenvalue weighted by Crippen LogP contribution is 2.32. The van der Waals surface area contributed by atoms with E-state index in [9.17, 15) is 4.39 Å². The highest BCUT2D eigenvalue weighted by molar-refractivity contribution is 9.10. The van der Waals surface area contributed by atoms with Gasteiger partial charge in [0.05, 0.1) is 0 Å². The number of pyridine rings is 1. The number of halogens is 2. The Hall–Kier alpha value is -0.680. The fourth-order valence-electron chi connectivity index (χ4n) is 2.10. The monoisotopic (exact) mass is 301 g/mol. The minimum absolute atomic E-state index is 0.197. The van der Waals surface area contributed by atoms with Crippen LogP contribution in [0.4, 0.5) is 10.2 Å². The lowest BCUT2D eigenvalue weighted by Crippen LogP contribution is -2.42. The van der Waals surface area contributed by atoms with Gasteiger partial charge in [-0.25, -0.2) is 9.37 Å². The highest BCUT2D eigenvalue weighted by atomic mass is 79.9. The van der Waals surface area contributed by atoms with Crippen molar-refractivity contribution in [3.05, 3.63) is 22.6 Å². The molecule has 1 aromatic heterocycles. The molecule has 0 saturated carbocycles. The second kappa shape index (κ2) is 4.90. The van der Waals surface area contributed by atoms with Gasteiger partial charge in [-0.2, -0.15) is 0 Å². The average Bonchev–Trinajstić information content (AvgIpc) is 2.31. The zero-order valence-electron chi connectivity index (χ0n) is 9.92. The molecule has 0 aliphatic carbocycles. The number of rotatable bonds is 2. The van der Waals surface area contributed by atoms with E-state index in [4.69, 9.17) is 5.73 Å². The molecule has 2 rings (SSSR count). The minimum Gasteiger partial charge on any atom is -0.354 e. The Morgan fingerprint density at radius 3 is 2.71 bits per heavy atom. The molecule has 0 radical (unpaired) electrons. The van der Waals surface area contributed by atoms with E-state index in [-0.39, 0.29) is 11.2 Å². The number of piperidine rings is 1. The van der Waals surface area contributed by atoms with Crippen LogP contribution in [0, 0.1) is 11.2 Å². The van der Waals surface area contributed by atoms with Crippen molar-refractivity contribution in [2.45, 2.75) is 19.8 Å². The van der Waals surface area contributed by atoms with Gasteiger partial charge in [0.15, 0.2) is 11.6 Å². The van der Waals surface area contributed by atoms with Crippen LogP contribution in [0.2, 0.25) is 0 Å². The van der Waals surface area contributed by atoms with Crippen LogP contribution in [-0.2, 0) is 0 Å². The summed E-state index contributed by atoms with van der Waals surface area (Å²) in [5.41, 5.74) is 5.95. The van der Waals surface area contributed by atoms with Gasteiger partial charge in [0.25, 0.3) is 0 Å². The van der Waals surface area contributed by atoms with Crippen molar-refractivity contribution in [3.63, 3.8) is 0 Å². The summed E-state index contributed by atoms with van der Waals surface area (Å²) in [4.78, 5) is 6.15. The third-order valence-corrected chi connectivity index (χ3v) is 3.98. The van der Waals surface area contributed by atoms with E-state index >= 15 is 0 Å². The number of aromatic nitrogens is 1. The van der Waals surface area contributed by atoms with Crippen molar-refractivity contribution in [1.82, 2.24) is 4.98 Å². The van der Waals surface area contributed by atoms with E-state index in [2.05, 4.69) is 27.8 Å². The maximum absolute atomic E-state index is 13.8. The lowest BCUT2D eigenvalue weighted by atomic mass is 9.80. The molecule has 17 heavy (non-hydrogen) atoms. The highest BCUT2D eigenvalue weighted by Gasteiger charge is 2.30. The summed E-state index contributed by atoms with van der Waals surface area (Å²) in [5.74, 6) is 0.183. The SMILES string of the molecule is CC1(CN)CCN(c2ncc(Br)cc2F)CC1. The predicted molar refractivity (Wildman–Crippen MR) is 70.5 cm³/mol. The Labute approximate surface area is 109 Å². The Balaban J connectivity index is 2.10. The second-order valence-corrected chi connectivity index (χ2v) is 5.88. The maximum Gasteiger partial charge on any atom is 0.166 e. The smallest absolute Gasteiger partial charge is 0.166 e. The molecule has 0 aromatic carbocycles. The van der Waals surface area contributed by atoms with E-state index in [0.717, 1.165) is 25.9 Å². The molecule has 3 nitrogen and oxygen atoms in total. The standard InChI is InChI=1S/C12H17BrFN3/c1-12(8-15)2-4-17(5-3-12)11-10(14)6-9(13)7-16-11/h6-7H,2-5,8,15H2,1H3. The summed E-state index contributed by atoms with van der Waals surface area (Å²) in [6.45, 7) is 4.52. The summed E-state index contributed by atoms with van der Waals surface area (Å²) in [6, 6.07) is 1.46. The van der Waals surface area contributed by atoms with Crippen molar-refractivity contribution < 1.29 is 4.39 Å².